The number of carbonyl (C=O) groups excluding carboxylic acids is 2. The lowest BCUT2D eigenvalue weighted by atomic mass is 9.93. The van der Waals surface area contributed by atoms with E-state index in [2.05, 4.69) is 19.2 Å². The minimum atomic E-state index is -0.347. The van der Waals surface area contributed by atoms with Crippen molar-refractivity contribution in [3.8, 4) is 0 Å². The summed E-state index contributed by atoms with van der Waals surface area (Å²) in [5, 5.41) is 2.88. The largest absolute Gasteiger partial charge is 0.381 e. The summed E-state index contributed by atoms with van der Waals surface area (Å²) in [5.74, 6) is 0.959. The first kappa shape index (κ1) is 16.3. The fourth-order valence-electron chi connectivity index (χ4n) is 3.21. The Morgan fingerprint density at radius 2 is 1.95 bits per heavy atom. The monoisotopic (exact) mass is 296 g/mol. The minimum Gasteiger partial charge on any atom is -0.381 e. The molecule has 5 nitrogen and oxygen atoms in total. The molecule has 0 radical (unpaired) electrons. The molecular formula is C16H28N2O3. The van der Waals surface area contributed by atoms with Crippen LogP contribution in [0.4, 0.5) is 0 Å². The number of amides is 2. The summed E-state index contributed by atoms with van der Waals surface area (Å²) >= 11 is 0. The van der Waals surface area contributed by atoms with Gasteiger partial charge in [-0.1, -0.05) is 20.8 Å². The van der Waals surface area contributed by atoms with Crippen LogP contribution >= 0.6 is 0 Å². The lowest BCUT2D eigenvalue weighted by Crippen LogP contribution is -2.64. The van der Waals surface area contributed by atoms with Gasteiger partial charge in [0.05, 0.1) is 0 Å². The minimum absolute atomic E-state index is 0.0159. The highest BCUT2D eigenvalue weighted by molar-refractivity contribution is 5.96. The predicted octanol–water partition coefficient (Wildman–Crippen LogP) is 1.56. The van der Waals surface area contributed by atoms with Crippen LogP contribution in [-0.2, 0) is 14.3 Å². The van der Waals surface area contributed by atoms with Crippen molar-refractivity contribution in [2.45, 2.75) is 58.5 Å². The zero-order valence-corrected chi connectivity index (χ0v) is 13.4. The summed E-state index contributed by atoms with van der Waals surface area (Å²) < 4.78 is 5.39. The van der Waals surface area contributed by atoms with E-state index in [1.165, 1.54) is 0 Å². The second-order valence-corrected chi connectivity index (χ2v) is 6.66. The van der Waals surface area contributed by atoms with Crippen LogP contribution in [0.1, 0.15) is 46.5 Å². The number of nitrogens with zero attached hydrogens (tertiary/aromatic N) is 1. The number of hydrogen-bond acceptors (Lipinski definition) is 3. The summed E-state index contributed by atoms with van der Waals surface area (Å²) in [5.41, 5.74) is 0. The molecule has 120 valence electrons. The van der Waals surface area contributed by atoms with Crippen molar-refractivity contribution in [1.29, 1.82) is 0 Å². The van der Waals surface area contributed by atoms with E-state index < -0.39 is 0 Å². The summed E-state index contributed by atoms with van der Waals surface area (Å²) in [6, 6.07) is -0.649. The SMILES string of the molecule is CCC1NC(=O)C(CC(C)C)N(CC2CCOCC2)C1=O. The smallest absolute Gasteiger partial charge is 0.245 e. The molecule has 2 amide bonds. The predicted molar refractivity (Wildman–Crippen MR) is 80.7 cm³/mol. The van der Waals surface area contributed by atoms with Crippen molar-refractivity contribution in [1.82, 2.24) is 10.2 Å². The Morgan fingerprint density at radius 3 is 2.52 bits per heavy atom. The summed E-state index contributed by atoms with van der Waals surface area (Å²) in [7, 11) is 0. The van der Waals surface area contributed by atoms with Gasteiger partial charge in [0, 0.05) is 19.8 Å². The van der Waals surface area contributed by atoms with E-state index >= 15 is 0 Å². The first-order valence-corrected chi connectivity index (χ1v) is 8.21. The van der Waals surface area contributed by atoms with E-state index in [1.54, 1.807) is 0 Å². The van der Waals surface area contributed by atoms with Crippen LogP contribution in [0.3, 0.4) is 0 Å². The molecule has 0 aromatic carbocycles. The van der Waals surface area contributed by atoms with Gasteiger partial charge in [0.25, 0.3) is 0 Å². The molecule has 2 aliphatic rings. The molecule has 0 aromatic heterocycles. The molecule has 0 spiro atoms. The standard InChI is InChI=1S/C16H28N2O3/c1-4-13-16(20)18(10-12-5-7-21-8-6-12)14(9-11(2)3)15(19)17-13/h11-14H,4-10H2,1-3H3,(H,17,19). The van der Waals surface area contributed by atoms with Crippen LogP contribution in [0.5, 0.6) is 0 Å². The van der Waals surface area contributed by atoms with E-state index in [0.29, 0.717) is 24.8 Å². The third kappa shape index (κ3) is 3.96. The Kier molecular flexibility index (Phi) is 5.62. The number of piperazine rings is 1. The first-order valence-electron chi connectivity index (χ1n) is 8.21. The van der Waals surface area contributed by atoms with Crippen LogP contribution in [0.15, 0.2) is 0 Å². The van der Waals surface area contributed by atoms with Gasteiger partial charge in [-0.05, 0) is 37.5 Å². The van der Waals surface area contributed by atoms with Crippen molar-refractivity contribution in [3.05, 3.63) is 0 Å². The molecule has 0 aromatic rings. The number of nitrogens with one attached hydrogen (secondary N) is 1. The second kappa shape index (κ2) is 7.25. The van der Waals surface area contributed by atoms with E-state index in [9.17, 15) is 9.59 Å². The Morgan fingerprint density at radius 1 is 1.29 bits per heavy atom. The molecule has 2 fully saturated rings. The Hall–Kier alpha value is -1.10. The zero-order valence-electron chi connectivity index (χ0n) is 13.4. The summed E-state index contributed by atoms with van der Waals surface area (Å²) in [6.07, 6.45) is 3.35. The molecular weight excluding hydrogens is 268 g/mol. The molecule has 2 rings (SSSR count). The van der Waals surface area contributed by atoms with Crippen molar-refractivity contribution < 1.29 is 14.3 Å². The summed E-state index contributed by atoms with van der Waals surface area (Å²) in [6.45, 7) is 8.37. The lowest BCUT2D eigenvalue weighted by Gasteiger charge is -2.41. The van der Waals surface area contributed by atoms with Crippen molar-refractivity contribution in [2.75, 3.05) is 19.8 Å². The highest BCUT2D eigenvalue weighted by Gasteiger charge is 2.40. The van der Waals surface area contributed by atoms with Crippen molar-refractivity contribution in [3.63, 3.8) is 0 Å². The number of hydrogen-bond donors (Lipinski definition) is 1. The molecule has 0 saturated carbocycles. The maximum atomic E-state index is 12.6. The Bertz CT molecular complexity index is 378. The average molecular weight is 296 g/mol. The van der Waals surface area contributed by atoms with Gasteiger partial charge in [0.1, 0.15) is 12.1 Å². The fraction of sp³-hybridized carbons (Fsp3) is 0.875. The number of carbonyl (C=O) groups is 2. The quantitative estimate of drug-likeness (QED) is 0.837. The van der Waals surface area contributed by atoms with Crippen LogP contribution in [0.25, 0.3) is 0 Å². The zero-order chi connectivity index (χ0) is 15.4. The third-order valence-corrected chi connectivity index (χ3v) is 4.48. The molecule has 2 aliphatic heterocycles. The van der Waals surface area contributed by atoms with E-state index in [0.717, 1.165) is 32.5 Å². The van der Waals surface area contributed by atoms with Crippen LogP contribution in [-0.4, -0.2) is 48.6 Å². The molecule has 1 N–H and O–H groups in total. The molecule has 2 unspecified atom stereocenters. The van der Waals surface area contributed by atoms with Gasteiger partial charge in [-0.3, -0.25) is 9.59 Å². The molecule has 2 heterocycles. The Labute approximate surface area is 127 Å². The maximum absolute atomic E-state index is 12.6. The molecule has 2 saturated heterocycles. The fourth-order valence-corrected chi connectivity index (χ4v) is 3.21. The van der Waals surface area contributed by atoms with Gasteiger partial charge < -0.3 is 15.0 Å². The molecule has 2 atom stereocenters. The number of rotatable bonds is 5. The molecule has 21 heavy (non-hydrogen) atoms. The highest BCUT2D eigenvalue weighted by Crippen LogP contribution is 2.23. The van der Waals surface area contributed by atoms with Gasteiger partial charge in [-0.15, -0.1) is 0 Å². The number of ether oxygens (including phenoxy) is 1. The van der Waals surface area contributed by atoms with Gasteiger partial charge in [0.2, 0.25) is 11.8 Å². The highest BCUT2D eigenvalue weighted by atomic mass is 16.5. The van der Waals surface area contributed by atoms with Gasteiger partial charge >= 0.3 is 0 Å². The van der Waals surface area contributed by atoms with Gasteiger partial charge in [-0.25, -0.2) is 0 Å². The average Bonchev–Trinajstić information content (AvgIpc) is 2.47. The van der Waals surface area contributed by atoms with Gasteiger partial charge in [0.15, 0.2) is 0 Å². The van der Waals surface area contributed by atoms with Gasteiger partial charge in [-0.2, -0.15) is 0 Å². The topological polar surface area (TPSA) is 58.6 Å². The van der Waals surface area contributed by atoms with Crippen molar-refractivity contribution in [2.24, 2.45) is 11.8 Å². The summed E-state index contributed by atoms with van der Waals surface area (Å²) in [4.78, 5) is 26.9. The van der Waals surface area contributed by atoms with E-state index in [4.69, 9.17) is 4.74 Å². The lowest BCUT2D eigenvalue weighted by molar-refractivity contribution is -0.151. The maximum Gasteiger partial charge on any atom is 0.245 e. The van der Waals surface area contributed by atoms with Crippen molar-refractivity contribution >= 4 is 11.8 Å². The molecule has 5 heteroatoms. The third-order valence-electron chi connectivity index (χ3n) is 4.48. The molecule has 0 bridgehead atoms. The second-order valence-electron chi connectivity index (χ2n) is 6.66. The van der Waals surface area contributed by atoms with Crippen LogP contribution < -0.4 is 5.32 Å². The normalized spacial score (nSPS) is 28.1. The van der Waals surface area contributed by atoms with Crippen LogP contribution in [0.2, 0.25) is 0 Å². The van der Waals surface area contributed by atoms with E-state index in [1.807, 2.05) is 11.8 Å². The van der Waals surface area contributed by atoms with Crippen LogP contribution in [0, 0.1) is 11.8 Å². The molecule has 0 aliphatic carbocycles. The first-order chi connectivity index (χ1) is 10.0. The Balaban J connectivity index is 2.11. The van der Waals surface area contributed by atoms with E-state index in [-0.39, 0.29) is 23.9 Å².